The Bertz CT molecular complexity index is 1860. The van der Waals surface area contributed by atoms with E-state index in [1.54, 1.807) is 95.5 Å². The second kappa shape index (κ2) is 17.1. The van der Waals surface area contributed by atoms with Crippen LogP contribution in [0.1, 0.15) is 97.6 Å². The van der Waals surface area contributed by atoms with E-state index in [9.17, 15) is 29.1 Å². The summed E-state index contributed by atoms with van der Waals surface area (Å²) in [4.78, 5) is 66.1. The Labute approximate surface area is 327 Å². The molecule has 0 radical (unpaired) electrons. The molecule has 56 heavy (non-hydrogen) atoms. The van der Waals surface area contributed by atoms with Crippen LogP contribution in [0.25, 0.3) is 6.08 Å². The zero-order chi connectivity index (χ0) is 40.2. The molecule has 2 saturated carbocycles. The summed E-state index contributed by atoms with van der Waals surface area (Å²) in [6, 6.07) is 12.9. The average Bonchev–Trinajstić information content (AvgIpc) is 4.11. The van der Waals surface area contributed by atoms with Crippen LogP contribution in [0.2, 0.25) is 0 Å². The molecule has 0 unspecified atom stereocenters. The molecule has 0 aromatic heterocycles. The van der Waals surface area contributed by atoms with Gasteiger partial charge < -0.3 is 39.6 Å². The highest BCUT2D eigenvalue weighted by Crippen LogP contribution is 2.59. The molecule has 13 heteroatoms. The number of carbonyl (C=O) groups is 5. The Kier molecular flexibility index (Phi) is 12.5. The van der Waals surface area contributed by atoms with Gasteiger partial charge in [0.1, 0.15) is 23.9 Å². The minimum Gasteiger partial charge on any atom is -0.460 e. The number of hydrogen-bond acceptors (Lipinski definition) is 10. The first-order valence-corrected chi connectivity index (χ1v) is 19.4. The van der Waals surface area contributed by atoms with Crippen LogP contribution in [0, 0.1) is 11.8 Å². The number of benzene rings is 2. The SMILES string of the molecule is CN(C)C(=O)C=Cc1cccc(C(=O)O[C@@H]2CC(C(=O)NCc3cccc(C(=O)N[C@H](CO)CCC(=O)OC(C)(C)C)c3)=C[C@H]3OC(C4CC4)(C4CC4)O[C@H]32)c1. The van der Waals surface area contributed by atoms with Gasteiger partial charge in [-0.3, -0.25) is 19.2 Å². The number of amides is 3. The first-order valence-electron chi connectivity index (χ1n) is 19.4. The lowest BCUT2D eigenvalue weighted by atomic mass is 9.91. The van der Waals surface area contributed by atoms with Gasteiger partial charge in [-0.15, -0.1) is 0 Å². The summed E-state index contributed by atoms with van der Waals surface area (Å²) in [5.74, 6) is -2.19. The number of ether oxygens (including phenoxy) is 4. The van der Waals surface area contributed by atoms with Crippen molar-refractivity contribution in [3.05, 3.63) is 88.5 Å². The largest absolute Gasteiger partial charge is 0.460 e. The van der Waals surface area contributed by atoms with Gasteiger partial charge >= 0.3 is 11.9 Å². The molecule has 2 aromatic carbocycles. The Morgan fingerprint density at radius 2 is 1.66 bits per heavy atom. The maximum Gasteiger partial charge on any atom is 0.338 e. The van der Waals surface area contributed by atoms with Crippen molar-refractivity contribution in [2.24, 2.45) is 11.8 Å². The molecule has 2 aromatic rings. The smallest absolute Gasteiger partial charge is 0.338 e. The summed E-state index contributed by atoms with van der Waals surface area (Å²) >= 11 is 0. The third-order valence-corrected chi connectivity index (χ3v) is 10.3. The standard InChI is InChI=1S/C43H53N3O10/c1-42(2,3)55-37(49)19-17-33(25-47)45-40(51)28-10-7-9-27(21-28)24-44-39(50)30-22-34(38-35(23-30)54-43(56-38,31-13-14-31)32-15-16-32)53-41(52)29-11-6-8-26(20-29)12-18-36(48)46(4)5/h6-12,18,20-21,23,31-35,38,47H,13-17,19,22,24-25H2,1-5H3,(H,44,50)(H,45,51)/t33-,34+,35+,38-/m0/s1. The van der Waals surface area contributed by atoms with Crippen molar-refractivity contribution in [3.63, 3.8) is 0 Å². The van der Waals surface area contributed by atoms with Crippen molar-refractivity contribution in [2.75, 3.05) is 20.7 Å². The van der Waals surface area contributed by atoms with Crippen LogP contribution in [0.3, 0.4) is 0 Å². The van der Waals surface area contributed by atoms with Crippen LogP contribution in [0.4, 0.5) is 0 Å². The van der Waals surface area contributed by atoms with Gasteiger partial charge in [-0.05, 0) is 100 Å². The highest BCUT2D eigenvalue weighted by molar-refractivity contribution is 5.96. The number of hydrogen-bond donors (Lipinski definition) is 3. The number of carbonyl (C=O) groups excluding carboxylic acids is 5. The molecule has 4 atom stereocenters. The summed E-state index contributed by atoms with van der Waals surface area (Å²) in [7, 11) is 3.31. The molecule has 4 aliphatic rings. The third kappa shape index (κ3) is 10.3. The van der Waals surface area contributed by atoms with Crippen LogP contribution in [0.15, 0.2) is 66.3 Å². The monoisotopic (exact) mass is 771 g/mol. The first-order chi connectivity index (χ1) is 26.6. The molecule has 1 saturated heterocycles. The first kappa shape index (κ1) is 40.8. The van der Waals surface area contributed by atoms with Crippen LogP contribution >= 0.6 is 0 Å². The van der Waals surface area contributed by atoms with E-state index in [0.29, 0.717) is 27.8 Å². The number of likely N-dealkylation sites (N-methyl/N-ethyl adjacent to an activating group) is 1. The number of rotatable bonds is 15. The van der Waals surface area contributed by atoms with E-state index in [0.717, 1.165) is 25.7 Å². The van der Waals surface area contributed by atoms with E-state index in [4.69, 9.17) is 18.9 Å². The zero-order valence-electron chi connectivity index (χ0n) is 32.7. The minimum atomic E-state index is -0.797. The van der Waals surface area contributed by atoms with Crippen molar-refractivity contribution >= 4 is 35.7 Å². The van der Waals surface area contributed by atoms with Gasteiger partial charge in [0.2, 0.25) is 11.8 Å². The molecule has 300 valence electrons. The van der Waals surface area contributed by atoms with E-state index < -0.39 is 53.6 Å². The van der Waals surface area contributed by atoms with Crippen molar-refractivity contribution in [1.29, 1.82) is 0 Å². The Morgan fingerprint density at radius 1 is 0.964 bits per heavy atom. The maximum atomic E-state index is 13.8. The fraction of sp³-hybridized carbons (Fsp3) is 0.512. The zero-order valence-corrected chi connectivity index (χ0v) is 32.7. The molecule has 0 bridgehead atoms. The molecule has 3 amide bonds. The Balaban J connectivity index is 1.11. The number of esters is 2. The maximum absolute atomic E-state index is 13.8. The van der Waals surface area contributed by atoms with Crippen molar-refractivity contribution in [3.8, 4) is 0 Å². The molecule has 6 rings (SSSR count). The van der Waals surface area contributed by atoms with Gasteiger partial charge in [-0.1, -0.05) is 24.3 Å². The molecule has 3 aliphatic carbocycles. The lowest BCUT2D eigenvalue weighted by molar-refractivity contribution is -0.209. The molecule has 1 aliphatic heterocycles. The second-order valence-corrected chi connectivity index (χ2v) is 16.3. The summed E-state index contributed by atoms with van der Waals surface area (Å²) in [6.45, 7) is 5.08. The summed E-state index contributed by atoms with van der Waals surface area (Å²) in [5.41, 5.74) is 1.73. The lowest BCUT2D eigenvalue weighted by Gasteiger charge is -2.31. The lowest BCUT2D eigenvalue weighted by Crippen LogP contribution is -2.44. The Morgan fingerprint density at radius 3 is 2.32 bits per heavy atom. The molecule has 0 spiro atoms. The fourth-order valence-corrected chi connectivity index (χ4v) is 7.14. The van der Waals surface area contributed by atoms with Crippen LogP contribution < -0.4 is 10.6 Å². The average molecular weight is 772 g/mol. The number of nitrogens with zero attached hydrogens (tertiary/aromatic N) is 1. The van der Waals surface area contributed by atoms with E-state index in [-0.39, 0.29) is 56.1 Å². The second-order valence-electron chi connectivity index (χ2n) is 16.3. The van der Waals surface area contributed by atoms with Crippen LogP contribution in [-0.4, -0.2) is 96.1 Å². The van der Waals surface area contributed by atoms with E-state index in [2.05, 4.69) is 10.6 Å². The topological polar surface area (TPSA) is 170 Å². The minimum absolute atomic E-state index is 0.0386. The summed E-state index contributed by atoms with van der Waals surface area (Å²) < 4.78 is 24.9. The highest BCUT2D eigenvalue weighted by Gasteiger charge is 2.64. The normalized spacial score (nSPS) is 22.0. The van der Waals surface area contributed by atoms with E-state index in [1.165, 1.54) is 11.0 Å². The van der Waals surface area contributed by atoms with Crippen molar-refractivity contribution < 1.29 is 48.0 Å². The van der Waals surface area contributed by atoms with Gasteiger partial charge in [-0.25, -0.2) is 4.79 Å². The van der Waals surface area contributed by atoms with Crippen LogP contribution in [-0.2, 0) is 39.9 Å². The molecular weight excluding hydrogens is 718 g/mol. The third-order valence-electron chi connectivity index (χ3n) is 10.3. The Hall–Kier alpha value is -4.85. The molecule has 1 heterocycles. The van der Waals surface area contributed by atoms with Gasteiger partial charge in [-0.2, -0.15) is 0 Å². The van der Waals surface area contributed by atoms with Crippen molar-refractivity contribution in [1.82, 2.24) is 15.5 Å². The predicted molar refractivity (Wildman–Crippen MR) is 206 cm³/mol. The summed E-state index contributed by atoms with van der Waals surface area (Å²) in [5, 5.41) is 15.6. The highest BCUT2D eigenvalue weighted by atomic mass is 16.8. The number of aliphatic hydroxyl groups is 1. The van der Waals surface area contributed by atoms with Crippen LogP contribution in [0.5, 0.6) is 0 Å². The van der Waals surface area contributed by atoms with Gasteiger partial charge in [0.05, 0.1) is 18.2 Å². The number of fused-ring (bicyclic) bond motifs is 1. The van der Waals surface area contributed by atoms with Gasteiger partial charge in [0.15, 0.2) is 5.79 Å². The van der Waals surface area contributed by atoms with E-state index >= 15 is 0 Å². The molecular formula is C43H53N3O10. The molecule has 3 N–H and O–H groups in total. The van der Waals surface area contributed by atoms with E-state index in [1.807, 2.05) is 0 Å². The fourth-order valence-electron chi connectivity index (χ4n) is 7.14. The van der Waals surface area contributed by atoms with Gasteiger partial charge in [0.25, 0.3) is 5.91 Å². The van der Waals surface area contributed by atoms with Crippen molar-refractivity contribution in [2.45, 2.75) is 108 Å². The quantitative estimate of drug-likeness (QED) is 0.174. The molecule has 13 nitrogen and oxygen atoms in total. The number of aliphatic hydroxyl groups excluding tert-OH is 1. The van der Waals surface area contributed by atoms with Gasteiger partial charge in [0, 0.05) is 62.5 Å². The predicted octanol–water partition coefficient (Wildman–Crippen LogP) is 4.47. The molecule has 3 fully saturated rings. The number of nitrogens with one attached hydrogen (secondary N) is 2. The summed E-state index contributed by atoms with van der Waals surface area (Å²) in [6.07, 6.45) is 7.24.